The molecular weight excluding hydrogens is 417 g/mol. The Labute approximate surface area is 183 Å². The maximum absolute atomic E-state index is 13.4. The fraction of sp³-hybridized carbons (Fsp3) is 0.200. The van der Waals surface area contributed by atoms with Crippen LogP contribution in [0, 0.1) is 0 Å². The van der Waals surface area contributed by atoms with E-state index in [1.54, 1.807) is 24.3 Å². The van der Waals surface area contributed by atoms with Crippen molar-refractivity contribution >= 4 is 17.5 Å². The first kappa shape index (κ1) is 21.6. The molecule has 0 aliphatic carbocycles. The van der Waals surface area contributed by atoms with Gasteiger partial charge in [-0.2, -0.15) is 13.2 Å². The average molecular weight is 438 g/mol. The van der Waals surface area contributed by atoms with Crippen LogP contribution in [0.5, 0.6) is 0 Å². The lowest BCUT2D eigenvalue weighted by Gasteiger charge is -2.28. The predicted molar refractivity (Wildman–Crippen MR) is 116 cm³/mol. The van der Waals surface area contributed by atoms with E-state index in [-0.39, 0.29) is 18.3 Å². The SMILES string of the molecule is O=C1CCCN1CN(C(=O)c1ccc(-c2ccccc2)cc1)c1cccc(C(F)(F)F)c1. The van der Waals surface area contributed by atoms with E-state index in [0.29, 0.717) is 24.9 Å². The first-order chi connectivity index (χ1) is 15.3. The molecule has 7 heteroatoms. The van der Waals surface area contributed by atoms with Gasteiger partial charge in [-0.15, -0.1) is 0 Å². The number of hydrogen-bond acceptors (Lipinski definition) is 2. The minimum absolute atomic E-state index is 0.0941. The summed E-state index contributed by atoms with van der Waals surface area (Å²) in [5.41, 5.74) is 1.48. The van der Waals surface area contributed by atoms with Crippen LogP contribution in [0.4, 0.5) is 18.9 Å². The number of anilines is 1. The van der Waals surface area contributed by atoms with Crippen LogP contribution in [-0.2, 0) is 11.0 Å². The van der Waals surface area contributed by atoms with Crippen molar-refractivity contribution in [2.45, 2.75) is 19.0 Å². The molecule has 1 heterocycles. The molecule has 1 saturated heterocycles. The third-order valence-corrected chi connectivity index (χ3v) is 5.45. The molecule has 3 aromatic carbocycles. The highest BCUT2D eigenvalue weighted by atomic mass is 19.4. The van der Waals surface area contributed by atoms with Crippen LogP contribution in [0.15, 0.2) is 78.9 Å². The van der Waals surface area contributed by atoms with Crippen molar-refractivity contribution in [2.75, 3.05) is 18.1 Å². The summed E-state index contributed by atoms with van der Waals surface area (Å²) < 4.78 is 39.8. The number of carbonyl (C=O) groups excluding carboxylic acids is 2. The first-order valence-corrected chi connectivity index (χ1v) is 10.3. The van der Waals surface area contributed by atoms with Crippen LogP contribution in [0.2, 0.25) is 0 Å². The van der Waals surface area contributed by atoms with Crippen molar-refractivity contribution < 1.29 is 22.8 Å². The molecule has 1 aliphatic rings. The number of halogens is 3. The van der Waals surface area contributed by atoms with E-state index < -0.39 is 17.6 Å². The molecule has 1 fully saturated rings. The Bertz CT molecular complexity index is 1110. The second-order valence-corrected chi connectivity index (χ2v) is 7.63. The number of hydrogen-bond donors (Lipinski definition) is 0. The molecule has 32 heavy (non-hydrogen) atoms. The molecule has 0 bridgehead atoms. The number of alkyl halides is 3. The smallest absolute Gasteiger partial charge is 0.324 e. The highest BCUT2D eigenvalue weighted by Gasteiger charge is 2.32. The molecule has 0 saturated carbocycles. The highest BCUT2D eigenvalue weighted by molar-refractivity contribution is 6.06. The van der Waals surface area contributed by atoms with Crippen molar-refractivity contribution in [1.29, 1.82) is 0 Å². The summed E-state index contributed by atoms with van der Waals surface area (Å²) in [5.74, 6) is -0.585. The molecule has 0 spiro atoms. The van der Waals surface area contributed by atoms with Crippen LogP contribution in [0.1, 0.15) is 28.8 Å². The fourth-order valence-electron chi connectivity index (χ4n) is 3.73. The molecule has 4 nitrogen and oxygen atoms in total. The standard InChI is InChI=1S/C25H21F3N2O2/c26-25(27,28)21-8-4-9-22(16-21)30(17-29-15-5-10-23(29)31)24(32)20-13-11-19(12-14-20)18-6-2-1-3-7-18/h1-4,6-9,11-14,16H,5,10,15,17H2. The van der Waals surface area contributed by atoms with Crippen LogP contribution in [-0.4, -0.2) is 29.9 Å². The summed E-state index contributed by atoms with van der Waals surface area (Å²) in [6.45, 7) is 0.369. The third kappa shape index (κ3) is 4.66. The minimum Gasteiger partial charge on any atom is -0.324 e. The maximum atomic E-state index is 13.4. The molecule has 4 rings (SSSR count). The zero-order chi connectivity index (χ0) is 22.7. The summed E-state index contributed by atoms with van der Waals surface area (Å²) in [4.78, 5) is 28.2. The molecule has 0 radical (unpaired) electrons. The van der Waals surface area contributed by atoms with Crippen LogP contribution in [0.3, 0.4) is 0 Å². The van der Waals surface area contributed by atoms with Crippen molar-refractivity contribution in [2.24, 2.45) is 0 Å². The quantitative estimate of drug-likeness (QED) is 0.520. The lowest BCUT2D eigenvalue weighted by molar-refractivity contribution is -0.137. The van der Waals surface area contributed by atoms with Crippen LogP contribution >= 0.6 is 0 Å². The van der Waals surface area contributed by atoms with Crippen molar-refractivity contribution in [1.82, 2.24) is 4.90 Å². The summed E-state index contributed by atoms with van der Waals surface area (Å²) >= 11 is 0. The fourth-order valence-corrected chi connectivity index (χ4v) is 3.73. The van der Waals surface area contributed by atoms with Crippen molar-refractivity contribution in [3.05, 3.63) is 90.0 Å². The number of rotatable bonds is 5. The zero-order valence-electron chi connectivity index (χ0n) is 17.2. The summed E-state index contributed by atoms with van der Waals surface area (Å²) in [5, 5.41) is 0. The lowest BCUT2D eigenvalue weighted by Crippen LogP contribution is -2.42. The van der Waals surface area contributed by atoms with Crippen LogP contribution in [0.25, 0.3) is 11.1 Å². The predicted octanol–water partition coefficient (Wildman–Crippen LogP) is 5.60. The summed E-state index contributed by atoms with van der Waals surface area (Å²) in [7, 11) is 0. The Morgan fingerprint density at radius 2 is 1.59 bits per heavy atom. The molecule has 1 aliphatic heterocycles. The van der Waals surface area contributed by atoms with Crippen LogP contribution < -0.4 is 4.90 Å². The summed E-state index contributed by atoms with van der Waals surface area (Å²) in [6, 6.07) is 21.2. The van der Waals surface area contributed by atoms with Gasteiger partial charge >= 0.3 is 6.18 Å². The Balaban J connectivity index is 1.66. The molecule has 2 amide bonds. The molecule has 164 valence electrons. The van der Waals surface area contributed by atoms with Crippen molar-refractivity contribution in [3.8, 4) is 11.1 Å². The number of likely N-dealkylation sites (tertiary alicyclic amines) is 1. The number of benzene rings is 3. The van der Waals surface area contributed by atoms with Gasteiger partial charge in [-0.1, -0.05) is 48.5 Å². The molecular formula is C25H21F3N2O2. The van der Waals surface area contributed by atoms with Gasteiger partial charge in [0.25, 0.3) is 5.91 Å². The number of carbonyl (C=O) groups is 2. The van der Waals surface area contributed by atoms with E-state index in [1.807, 2.05) is 30.3 Å². The van der Waals surface area contributed by atoms with Gasteiger partial charge in [-0.3, -0.25) is 14.5 Å². The zero-order valence-corrected chi connectivity index (χ0v) is 17.2. The van der Waals surface area contributed by atoms with E-state index in [2.05, 4.69) is 0 Å². The van der Waals surface area contributed by atoms with Gasteiger partial charge < -0.3 is 4.90 Å². The Morgan fingerprint density at radius 1 is 0.906 bits per heavy atom. The Hall–Kier alpha value is -3.61. The molecule has 3 aromatic rings. The molecule has 0 N–H and O–H groups in total. The maximum Gasteiger partial charge on any atom is 0.416 e. The van der Waals surface area contributed by atoms with E-state index in [0.717, 1.165) is 23.3 Å². The normalized spacial score (nSPS) is 14.0. The highest BCUT2D eigenvalue weighted by Crippen LogP contribution is 2.32. The average Bonchev–Trinajstić information content (AvgIpc) is 3.21. The van der Waals surface area contributed by atoms with E-state index in [1.165, 1.54) is 21.9 Å². The first-order valence-electron chi connectivity index (χ1n) is 10.3. The van der Waals surface area contributed by atoms with Crippen molar-refractivity contribution in [3.63, 3.8) is 0 Å². The minimum atomic E-state index is -4.54. The second-order valence-electron chi connectivity index (χ2n) is 7.63. The van der Waals surface area contributed by atoms with Gasteiger partial charge in [0.05, 0.1) is 5.56 Å². The molecule has 0 aromatic heterocycles. The number of nitrogens with zero attached hydrogens (tertiary/aromatic N) is 2. The van der Waals surface area contributed by atoms with Gasteiger partial charge in [0.1, 0.15) is 6.67 Å². The summed E-state index contributed by atoms with van der Waals surface area (Å²) in [6.07, 6.45) is -3.50. The van der Waals surface area contributed by atoms with E-state index in [9.17, 15) is 22.8 Å². The van der Waals surface area contributed by atoms with Gasteiger partial charge in [-0.05, 0) is 47.9 Å². The van der Waals surface area contributed by atoms with E-state index >= 15 is 0 Å². The largest absolute Gasteiger partial charge is 0.416 e. The second kappa shape index (κ2) is 8.86. The van der Waals surface area contributed by atoms with Gasteiger partial charge in [0.2, 0.25) is 5.91 Å². The topological polar surface area (TPSA) is 40.6 Å². The Morgan fingerprint density at radius 3 is 2.22 bits per heavy atom. The molecule has 0 unspecified atom stereocenters. The Kier molecular flexibility index (Phi) is 5.99. The third-order valence-electron chi connectivity index (χ3n) is 5.45. The van der Waals surface area contributed by atoms with Gasteiger partial charge in [-0.25, -0.2) is 0 Å². The van der Waals surface area contributed by atoms with E-state index in [4.69, 9.17) is 0 Å². The lowest BCUT2D eigenvalue weighted by atomic mass is 10.0. The molecule has 0 atom stereocenters. The van der Waals surface area contributed by atoms with Gasteiger partial charge in [0.15, 0.2) is 0 Å². The monoisotopic (exact) mass is 438 g/mol. The van der Waals surface area contributed by atoms with Gasteiger partial charge in [0, 0.05) is 24.2 Å². The number of amides is 2.